The smallest absolute Gasteiger partial charge is 0.319 e. The maximum absolute atomic E-state index is 11.1. The van der Waals surface area contributed by atoms with Crippen LogP contribution in [-0.4, -0.2) is 56.3 Å². The van der Waals surface area contributed by atoms with E-state index in [0.29, 0.717) is 31.1 Å². The first-order valence-electron chi connectivity index (χ1n) is 4.66. The van der Waals surface area contributed by atoms with Crippen molar-refractivity contribution in [1.82, 2.24) is 4.90 Å². The van der Waals surface area contributed by atoms with E-state index in [1.54, 1.807) is 7.11 Å². The fraction of sp³-hybridized carbons (Fsp3) is 0.778. The number of thiocarbonyl (C=S) groups is 1. The molecule has 0 bridgehead atoms. The van der Waals surface area contributed by atoms with Gasteiger partial charge in [-0.25, -0.2) is 0 Å². The Balaban J connectivity index is 3.93. The summed E-state index contributed by atoms with van der Waals surface area (Å²) in [5, 5.41) is 0. The van der Waals surface area contributed by atoms with Gasteiger partial charge in [-0.3, -0.25) is 9.69 Å². The molecule has 0 rings (SSSR count). The van der Waals surface area contributed by atoms with Crippen LogP contribution >= 0.6 is 12.2 Å². The molecule has 88 valence electrons. The number of ether oxygens (including phenoxy) is 2. The fourth-order valence-electron chi connectivity index (χ4n) is 1.01. The molecule has 6 heteroatoms. The Morgan fingerprint density at radius 2 is 2.07 bits per heavy atom. The molecular formula is C9H18N2O3S. The molecule has 15 heavy (non-hydrogen) atoms. The fourth-order valence-corrected chi connectivity index (χ4v) is 1.10. The van der Waals surface area contributed by atoms with E-state index in [1.807, 2.05) is 4.90 Å². The highest BCUT2D eigenvalue weighted by molar-refractivity contribution is 7.80. The molecule has 0 atom stereocenters. The Hall–Kier alpha value is -0.720. The number of carbonyl (C=O) groups excluding carboxylic acids is 1. The number of hydrogen-bond donors (Lipinski definition) is 1. The lowest BCUT2D eigenvalue weighted by atomic mass is 10.3. The van der Waals surface area contributed by atoms with Gasteiger partial charge in [0.2, 0.25) is 0 Å². The van der Waals surface area contributed by atoms with Crippen LogP contribution in [0.15, 0.2) is 0 Å². The molecule has 0 heterocycles. The van der Waals surface area contributed by atoms with Crippen molar-refractivity contribution in [3.63, 3.8) is 0 Å². The van der Waals surface area contributed by atoms with E-state index >= 15 is 0 Å². The number of methoxy groups -OCH3 is 2. The third-order valence-electron chi connectivity index (χ3n) is 1.87. The van der Waals surface area contributed by atoms with Crippen molar-refractivity contribution in [3.05, 3.63) is 0 Å². The van der Waals surface area contributed by atoms with Crippen LogP contribution in [0.25, 0.3) is 0 Å². The van der Waals surface area contributed by atoms with Crippen LogP contribution in [-0.2, 0) is 14.3 Å². The number of nitrogens with two attached hydrogens (primary N) is 1. The normalized spacial score (nSPS) is 10.3. The summed E-state index contributed by atoms with van der Waals surface area (Å²) in [6.07, 6.45) is 0.593. The minimum absolute atomic E-state index is 0.239. The quantitative estimate of drug-likeness (QED) is 0.463. The molecule has 0 aliphatic rings. The average Bonchev–Trinajstić information content (AvgIpc) is 2.21. The van der Waals surface area contributed by atoms with E-state index in [9.17, 15) is 4.79 Å². The second-order valence-corrected chi connectivity index (χ2v) is 3.59. The van der Waals surface area contributed by atoms with E-state index in [1.165, 1.54) is 7.11 Å². The van der Waals surface area contributed by atoms with Crippen molar-refractivity contribution in [1.29, 1.82) is 0 Å². The Morgan fingerprint density at radius 3 is 2.53 bits per heavy atom. The summed E-state index contributed by atoms with van der Waals surface area (Å²) in [4.78, 5) is 13.4. The number of hydrogen-bond acceptors (Lipinski definition) is 5. The van der Waals surface area contributed by atoms with Crippen LogP contribution in [0.4, 0.5) is 0 Å². The van der Waals surface area contributed by atoms with Crippen LogP contribution in [0.5, 0.6) is 0 Å². The predicted octanol–water partition coefficient (Wildman–Crippen LogP) is -0.216. The molecule has 0 aliphatic carbocycles. The Kier molecular flexibility index (Phi) is 8.17. The van der Waals surface area contributed by atoms with Crippen LogP contribution in [0.1, 0.15) is 6.42 Å². The minimum atomic E-state index is -0.269. The molecule has 0 amide bonds. The molecule has 5 nitrogen and oxygen atoms in total. The number of esters is 1. The van der Waals surface area contributed by atoms with E-state index in [-0.39, 0.29) is 12.5 Å². The molecular weight excluding hydrogens is 216 g/mol. The number of carbonyl (C=O) groups is 1. The number of rotatable bonds is 8. The van der Waals surface area contributed by atoms with Crippen molar-refractivity contribution >= 4 is 23.2 Å². The highest BCUT2D eigenvalue weighted by Gasteiger charge is 2.10. The third kappa shape index (κ3) is 8.29. The topological polar surface area (TPSA) is 64.8 Å². The van der Waals surface area contributed by atoms with E-state index in [4.69, 9.17) is 22.7 Å². The van der Waals surface area contributed by atoms with Gasteiger partial charge in [0.05, 0.1) is 25.2 Å². The highest BCUT2D eigenvalue weighted by atomic mass is 32.1. The number of nitrogens with zero attached hydrogens (tertiary/aromatic N) is 1. The van der Waals surface area contributed by atoms with Gasteiger partial charge in [0.15, 0.2) is 0 Å². The molecule has 2 N–H and O–H groups in total. The second kappa shape index (κ2) is 8.58. The Bertz CT molecular complexity index is 212. The Morgan fingerprint density at radius 1 is 1.40 bits per heavy atom. The van der Waals surface area contributed by atoms with Crippen LogP contribution in [0, 0.1) is 0 Å². The summed E-state index contributed by atoms with van der Waals surface area (Å²) >= 11 is 4.77. The van der Waals surface area contributed by atoms with Gasteiger partial charge in [-0.1, -0.05) is 12.2 Å². The van der Waals surface area contributed by atoms with Gasteiger partial charge in [-0.05, 0) is 0 Å². The lowest BCUT2D eigenvalue weighted by Crippen LogP contribution is -2.35. The monoisotopic (exact) mass is 234 g/mol. The lowest BCUT2D eigenvalue weighted by molar-refractivity contribution is -0.142. The lowest BCUT2D eigenvalue weighted by Gasteiger charge is -2.19. The summed E-state index contributed by atoms with van der Waals surface area (Å²) in [5.74, 6) is -0.269. The highest BCUT2D eigenvalue weighted by Crippen LogP contribution is 1.93. The van der Waals surface area contributed by atoms with Crippen molar-refractivity contribution in [2.75, 3.05) is 40.5 Å². The van der Waals surface area contributed by atoms with E-state index < -0.39 is 0 Å². The molecule has 0 aromatic carbocycles. The average molecular weight is 234 g/mol. The first-order valence-corrected chi connectivity index (χ1v) is 5.07. The molecule has 0 spiro atoms. The zero-order chi connectivity index (χ0) is 11.7. The van der Waals surface area contributed by atoms with Crippen molar-refractivity contribution in [2.45, 2.75) is 6.42 Å². The predicted molar refractivity (Wildman–Crippen MR) is 61.7 cm³/mol. The molecule has 0 aliphatic heterocycles. The van der Waals surface area contributed by atoms with E-state index in [0.717, 1.165) is 0 Å². The van der Waals surface area contributed by atoms with Gasteiger partial charge in [0.1, 0.15) is 0 Å². The van der Waals surface area contributed by atoms with Gasteiger partial charge >= 0.3 is 5.97 Å². The minimum Gasteiger partial charge on any atom is -0.468 e. The molecule has 0 aromatic heterocycles. The largest absolute Gasteiger partial charge is 0.468 e. The molecule has 0 aromatic rings. The van der Waals surface area contributed by atoms with Crippen molar-refractivity contribution in [2.24, 2.45) is 5.73 Å². The van der Waals surface area contributed by atoms with Crippen LogP contribution in [0.3, 0.4) is 0 Å². The summed E-state index contributed by atoms with van der Waals surface area (Å²) in [6, 6.07) is 0. The first kappa shape index (κ1) is 14.3. The third-order valence-corrected chi connectivity index (χ3v) is 2.07. The summed E-state index contributed by atoms with van der Waals surface area (Å²) in [6.45, 7) is 2.11. The first-order chi connectivity index (χ1) is 7.10. The van der Waals surface area contributed by atoms with Crippen molar-refractivity contribution < 1.29 is 14.3 Å². The molecule has 0 radical (unpaired) electrons. The second-order valence-electron chi connectivity index (χ2n) is 3.06. The van der Waals surface area contributed by atoms with Gasteiger partial charge < -0.3 is 15.2 Å². The standard InChI is InChI=1S/C9H18N2O3S/c1-13-6-5-11(4-3-8(10)15)7-9(12)14-2/h3-7H2,1-2H3,(H2,10,15). The van der Waals surface area contributed by atoms with Gasteiger partial charge in [0.25, 0.3) is 0 Å². The van der Waals surface area contributed by atoms with Crippen molar-refractivity contribution in [3.8, 4) is 0 Å². The van der Waals surface area contributed by atoms with Gasteiger partial charge in [0, 0.05) is 26.6 Å². The zero-order valence-electron chi connectivity index (χ0n) is 9.19. The van der Waals surface area contributed by atoms with Crippen LogP contribution < -0.4 is 5.73 Å². The maximum atomic E-state index is 11.1. The molecule has 0 saturated carbocycles. The SMILES string of the molecule is COCCN(CCC(N)=S)CC(=O)OC. The van der Waals surface area contributed by atoms with E-state index in [2.05, 4.69) is 4.74 Å². The Labute approximate surface area is 95.5 Å². The maximum Gasteiger partial charge on any atom is 0.319 e. The molecule has 0 unspecified atom stereocenters. The molecule has 0 fully saturated rings. The summed E-state index contributed by atoms with van der Waals surface area (Å²) < 4.78 is 9.52. The zero-order valence-corrected chi connectivity index (χ0v) is 10.0. The van der Waals surface area contributed by atoms with Crippen LogP contribution in [0.2, 0.25) is 0 Å². The summed E-state index contributed by atoms with van der Waals surface area (Å²) in [5.41, 5.74) is 5.39. The van der Waals surface area contributed by atoms with Gasteiger partial charge in [-0.15, -0.1) is 0 Å². The molecule has 0 saturated heterocycles. The summed E-state index contributed by atoms with van der Waals surface area (Å²) in [7, 11) is 2.98. The van der Waals surface area contributed by atoms with Gasteiger partial charge in [-0.2, -0.15) is 0 Å².